The van der Waals surface area contributed by atoms with Crippen LogP contribution in [0.4, 0.5) is 0 Å². The molecule has 0 aromatic heterocycles. The van der Waals surface area contributed by atoms with Gasteiger partial charge in [0.25, 0.3) is 0 Å². The molecule has 60 heavy (non-hydrogen) atoms. The molecule has 0 bridgehead atoms. The zero-order valence-electron chi connectivity index (χ0n) is 37.9. The molecule has 0 heterocycles. The molecule has 0 heteroatoms. The normalized spacial score (nSPS) is 13.0. The summed E-state index contributed by atoms with van der Waals surface area (Å²) in [6.07, 6.45) is 0. The minimum atomic E-state index is 0.0918. The smallest absolute Gasteiger partial charge is 0.00255 e. The molecular weight excluding hydrogens is 721 g/mol. The van der Waals surface area contributed by atoms with E-state index in [-0.39, 0.29) is 21.7 Å². The van der Waals surface area contributed by atoms with Crippen molar-refractivity contribution in [2.75, 3.05) is 0 Å². The van der Waals surface area contributed by atoms with Crippen molar-refractivity contribution in [3.8, 4) is 44.5 Å². The lowest BCUT2D eigenvalue weighted by Gasteiger charge is -2.22. The van der Waals surface area contributed by atoms with E-state index >= 15 is 0 Å². The SMILES string of the molecule is CC(C)(C)c1ccc(-c2cc3cc(-c4ccc(C(C)(C)C)cc4)cc4c5cc(-c6ccc(C(C)(C)C)cc6)cc6cc(-c7ccc(C(C)(C)C)cc7)cc(c(c2)c34)c65)cc1. The first kappa shape index (κ1) is 39.7. The molecule has 300 valence electrons. The lowest BCUT2D eigenvalue weighted by atomic mass is 9.82. The van der Waals surface area contributed by atoms with Crippen LogP contribution in [0.25, 0.3) is 87.6 Å². The van der Waals surface area contributed by atoms with Crippen molar-refractivity contribution in [1.29, 1.82) is 0 Å². The summed E-state index contributed by atoms with van der Waals surface area (Å²) in [6.45, 7) is 27.5. The first-order chi connectivity index (χ1) is 28.2. The van der Waals surface area contributed by atoms with Crippen molar-refractivity contribution in [3.63, 3.8) is 0 Å². The molecule has 0 unspecified atom stereocenters. The van der Waals surface area contributed by atoms with Gasteiger partial charge in [0, 0.05) is 0 Å². The van der Waals surface area contributed by atoms with Gasteiger partial charge in [0.15, 0.2) is 0 Å². The van der Waals surface area contributed by atoms with Gasteiger partial charge >= 0.3 is 0 Å². The monoisotopic (exact) mass is 780 g/mol. The lowest BCUT2D eigenvalue weighted by Crippen LogP contribution is -2.10. The highest BCUT2D eigenvalue weighted by molar-refractivity contribution is 6.35. The maximum absolute atomic E-state index is 2.47. The predicted octanol–water partition coefficient (Wildman–Crippen LogP) is 17.6. The number of hydrogen-bond donors (Lipinski definition) is 0. The van der Waals surface area contributed by atoms with E-state index in [1.807, 2.05) is 0 Å². The average Bonchev–Trinajstić information content (AvgIpc) is 3.20. The molecule has 0 fully saturated rings. The molecule has 0 amide bonds. The Morgan fingerprint density at radius 3 is 0.567 bits per heavy atom. The van der Waals surface area contributed by atoms with Gasteiger partial charge in [-0.15, -0.1) is 0 Å². The summed E-state index contributed by atoms with van der Waals surface area (Å²) in [7, 11) is 0. The Bertz CT molecular complexity index is 2620. The molecular formula is C60H60. The zero-order valence-corrected chi connectivity index (χ0v) is 37.9. The molecule has 0 aliphatic carbocycles. The fourth-order valence-corrected chi connectivity index (χ4v) is 9.20. The van der Waals surface area contributed by atoms with Crippen molar-refractivity contribution in [2.45, 2.75) is 105 Å². The Labute approximate surface area is 358 Å². The molecule has 9 aromatic carbocycles. The maximum Gasteiger partial charge on any atom is -0.00255 e. The van der Waals surface area contributed by atoms with Crippen molar-refractivity contribution < 1.29 is 0 Å². The first-order valence-corrected chi connectivity index (χ1v) is 21.9. The van der Waals surface area contributed by atoms with Gasteiger partial charge in [-0.2, -0.15) is 0 Å². The Balaban J connectivity index is 1.38. The van der Waals surface area contributed by atoms with Gasteiger partial charge in [-0.05, 0) is 180 Å². The van der Waals surface area contributed by atoms with E-state index in [2.05, 4.69) is 229 Å². The van der Waals surface area contributed by atoms with Crippen LogP contribution in [0.1, 0.15) is 105 Å². The Morgan fingerprint density at radius 2 is 0.400 bits per heavy atom. The predicted molar refractivity (Wildman–Crippen MR) is 264 cm³/mol. The molecule has 0 nitrogen and oxygen atoms in total. The van der Waals surface area contributed by atoms with Gasteiger partial charge in [0.1, 0.15) is 0 Å². The summed E-state index contributed by atoms with van der Waals surface area (Å²) in [4.78, 5) is 0. The second kappa shape index (κ2) is 13.9. The topological polar surface area (TPSA) is 0 Å². The Kier molecular flexibility index (Phi) is 9.22. The minimum Gasteiger partial charge on any atom is -0.0579 e. The number of rotatable bonds is 4. The van der Waals surface area contributed by atoms with Crippen LogP contribution in [0.5, 0.6) is 0 Å². The van der Waals surface area contributed by atoms with Gasteiger partial charge in [0.2, 0.25) is 0 Å². The van der Waals surface area contributed by atoms with E-state index in [1.165, 1.54) is 110 Å². The minimum absolute atomic E-state index is 0.0918. The number of hydrogen-bond acceptors (Lipinski definition) is 0. The Hall–Kier alpha value is -5.72. The van der Waals surface area contributed by atoms with Crippen LogP contribution in [0.3, 0.4) is 0 Å². The Morgan fingerprint density at radius 1 is 0.217 bits per heavy atom. The van der Waals surface area contributed by atoms with Gasteiger partial charge in [-0.1, -0.05) is 180 Å². The van der Waals surface area contributed by atoms with Gasteiger partial charge in [-0.25, -0.2) is 0 Å². The fraction of sp³-hybridized carbons (Fsp3) is 0.267. The van der Waals surface area contributed by atoms with Crippen molar-refractivity contribution >= 4 is 43.1 Å². The van der Waals surface area contributed by atoms with E-state index in [0.717, 1.165) is 0 Å². The second-order valence-corrected chi connectivity index (χ2v) is 21.6. The zero-order chi connectivity index (χ0) is 42.5. The molecule has 0 radical (unpaired) electrons. The molecule has 0 saturated carbocycles. The molecule has 0 aliphatic rings. The summed E-state index contributed by atoms with van der Waals surface area (Å²) in [5.41, 5.74) is 15.7. The highest BCUT2D eigenvalue weighted by Crippen LogP contribution is 2.47. The molecule has 0 atom stereocenters. The van der Waals surface area contributed by atoms with Crippen LogP contribution in [0.15, 0.2) is 146 Å². The van der Waals surface area contributed by atoms with Crippen LogP contribution in [-0.2, 0) is 21.7 Å². The van der Waals surface area contributed by atoms with Crippen LogP contribution in [0, 0.1) is 0 Å². The quantitative estimate of drug-likeness (QED) is 0.123. The summed E-state index contributed by atoms with van der Waals surface area (Å²) in [5.74, 6) is 0. The van der Waals surface area contributed by atoms with Crippen molar-refractivity contribution in [1.82, 2.24) is 0 Å². The number of fused-ring (bicyclic) bond motifs is 2. The summed E-state index contributed by atoms with van der Waals surface area (Å²) >= 11 is 0. The van der Waals surface area contributed by atoms with Crippen LogP contribution in [-0.4, -0.2) is 0 Å². The fourth-order valence-electron chi connectivity index (χ4n) is 9.20. The molecule has 0 spiro atoms. The largest absolute Gasteiger partial charge is 0.0579 e. The van der Waals surface area contributed by atoms with E-state index in [1.54, 1.807) is 0 Å². The summed E-state index contributed by atoms with van der Waals surface area (Å²) < 4.78 is 0. The van der Waals surface area contributed by atoms with E-state index in [0.29, 0.717) is 0 Å². The maximum atomic E-state index is 2.47. The molecule has 0 N–H and O–H groups in total. The van der Waals surface area contributed by atoms with E-state index < -0.39 is 0 Å². The third-order valence-electron chi connectivity index (χ3n) is 13.0. The van der Waals surface area contributed by atoms with E-state index in [9.17, 15) is 0 Å². The van der Waals surface area contributed by atoms with Crippen LogP contribution >= 0.6 is 0 Å². The summed E-state index contributed by atoms with van der Waals surface area (Å²) in [6, 6.07) is 56.7. The molecule has 9 rings (SSSR count). The highest BCUT2D eigenvalue weighted by atomic mass is 14.3. The number of benzene rings is 9. The molecule has 0 saturated heterocycles. The summed E-state index contributed by atoms with van der Waals surface area (Å²) in [5, 5.41) is 10.4. The first-order valence-electron chi connectivity index (χ1n) is 21.9. The lowest BCUT2D eigenvalue weighted by molar-refractivity contribution is 0.590. The van der Waals surface area contributed by atoms with Gasteiger partial charge in [0.05, 0.1) is 0 Å². The van der Waals surface area contributed by atoms with E-state index in [4.69, 9.17) is 0 Å². The molecule has 9 aromatic rings. The van der Waals surface area contributed by atoms with Gasteiger partial charge in [-0.3, -0.25) is 0 Å². The van der Waals surface area contributed by atoms with Crippen LogP contribution in [0.2, 0.25) is 0 Å². The van der Waals surface area contributed by atoms with Gasteiger partial charge < -0.3 is 0 Å². The van der Waals surface area contributed by atoms with Crippen molar-refractivity contribution in [3.05, 3.63) is 168 Å². The van der Waals surface area contributed by atoms with Crippen molar-refractivity contribution in [2.24, 2.45) is 0 Å². The third kappa shape index (κ3) is 7.19. The standard InChI is InChI=1S/C60H60/c1-57(2,3)47-21-13-37(14-22-47)41-29-45-30-42(38-15-23-48(24-16-38)58(4,5)6)35-53-54-36-44(40-19-27-50(28-20-40)60(10,11)12)32-46-31-43(34-52(56(46)54)51(33-41)55(45)53)39-17-25-49(26-18-39)59(7,8)9/h13-36H,1-12H3. The molecule has 0 aliphatic heterocycles. The van der Waals surface area contributed by atoms with Crippen LogP contribution < -0.4 is 0 Å². The third-order valence-corrected chi connectivity index (χ3v) is 13.0. The average molecular weight is 781 g/mol. The second-order valence-electron chi connectivity index (χ2n) is 21.6. The highest BCUT2D eigenvalue weighted by Gasteiger charge is 2.21.